The Morgan fingerprint density at radius 2 is 1.79 bits per heavy atom. The van der Waals surface area contributed by atoms with E-state index < -0.39 is 0 Å². The maximum absolute atomic E-state index is 13.5. The summed E-state index contributed by atoms with van der Waals surface area (Å²) in [6.07, 6.45) is 1.81. The van der Waals surface area contributed by atoms with Crippen LogP contribution in [-0.4, -0.2) is 48.3 Å². The molecule has 0 radical (unpaired) electrons. The minimum absolute atomic E-state index is 0.106. The van der Waals surface area contributed by atoms with Crippen LogP contribution in [0.5, 0.6) is 11.5 Å². The zero-order valence-corrected chi connectivity index (χ0v) is 19.3. The van der Waals surface area contributed by atoms with Crippen molar-refractivity contribution in [2.24, 2.45) is 0 Å². The van der Waals surface area contributed by atoms with Crippen LogP contribution in [0.25, 0.3) is 22.1 Å². The number of anilines is 1. The molecule has 7 nitrogen and oxygen atoms in total. The number of phenolic OH excluding ortho intramolecular Hbond substituents is 1. The Bertz CT molecular complexity index is 1360. The van der Waals surface area contributed by atoms with Crippen molar-refractivity contribution < 1.29 is 14.3 Å². The number of aromatic hydroxyl groups is 1. The summed E-state index contributed by atoms with van der Waals surface area (Å²) in [5, 5.41) is 11.1. The van der Waals surface area contributed by atoms with Gasteiger partial charge in [0.1, 0.15) is 28.7 Å². The van der Waals surface area contributed by atoms with E-state index in [0.29, 0.717) is 34.4 Å². The van der Waals surface area contributed by atoms with E-state index in [9.17, 15) is 9.90 Å². The Morgan fingerprint density at radius 1 is 1.03 bits per heavy atom. The Labute approximate surface area is 197 Å². The van der Waals surface area contributed by atoms with Gasteiger partial charge < -0.3 is 19.2 Å². The maximum atomic E-state index is 13.5. The number of hydrogen-bond donors (Lipinski definition) is 1. The van der Waals surface area contributed by atoms with Gasteiger partial charge in [-0.3, -0.25) is 9.69 Å². The summed E-state index contributed by atoms with van der Waals surface area (Å²) in [7, 11) is 1.61. The third kappa shape index (κ3) is 4.10. The number of methoxy groups -OCH3 is 1. The number of benzene rings is 2. The van der Waals surface area contributed by atoms with Gasteiger partial charge >= 0.3 is 0 Å². The first-order valence-corrected chi connectivity index (χ1v) is 11.4. The summed E-state index contributed by atoms with van der Waals surface area (Å²) in [6.45, 7) is 5.61. The van der Waals surface area contributed by atoms with Crippen LogP contribution in [0, 0.1) is 6.92 Å². The number of aromatic nitrogens is 1. The predicted molar refractivity (Wildman–Crippen MR) is 133 cm³/mol. The van der Waals surface area contributed by atoms with Crippen molar-refractivity contribution in [3.05, 3.63) is 82.3 Å². The third-order valence-corrected chi connectivity index (χ3v) is 6.42. The van der Waals surface area contributed by atoms with Crippen LogP contribution in [0.15, 0.2) is 70.0 Å². The topological polar surface area (TPSA) is 79.0 Å². The highest BCUT2D eigenvalue weighted by molar-refractivity contribution is 5.86. The smallest absolute Gasteiger partial charge is 0.200 e. The molecule has 1 fully saturated rings. The summed E-state index contributed by atoms with van der Waals surface area (Å²) in [4.78, 5) is 22.4. The van der Waals surface area contributed by atoms with Crippen LogP contribution in [-0.2, 0) is 6.54 Å². The van der Waals surface area contributed by atoms with Gasteiger partial charge in [-0.2, -0.15) is 0 Å². The minimum atomic E-state index is -0.106. The molecule has 1 aliphatic heterocycles. The van der Waals surface area contributed by atoms with E-state index in [0.717, 1.165) is 43.3 Å². The fourth-order valence-corrected chi connectivity index (χ4v) is 4.56. The number of fused-ring (bicyclic) bond motifs is 1. The lowest BCUT2D eigenvalue weighted by atomic mass is 10.0. The van der Waals surface area contributed by atoms with Gasteiger partial charge in [-0.25, -0.2) is 4.98 Å². The first-order chi connectivity index (χ1) is 16.5. The van der Waals surface area contributed by atoms with Gasteiger partial charge in [-0.1, -0.05) is 18.2 Å². The van der Waals surface area contributed by atoms with Gasteiger partial charge in [-0.05, 0) is 48.9 Å². The fourth-order valence-electron chi connectivity index (χ4n) is 4.56. The highest BCUT2D eigenvalue weighted by Crippen LogP contribution is 2.32. The average molecular weight is 458 g/mol. The van der Waals surface area contributed by atoms with Crippen molar-refractivity contribution in [2.45, 2.75) is 13.5 Å². The van der Waals surface area contributed by atoms with E-state index in [1.807, 2.05) is 42.5 Å². The third-order valence-electron chi connectivity index (χ3n) is 6.42. The van der Waals surface area contributed by atoms with E-state index in [-0.39, 0.29) is 11.2 Å². The van der Waals surface area contributed by atoms with Crippen molar-refractivity contribution in [1.29, 1.82) is 0 Å². The quantitative estimate of drug-likeness (QED) is 0.481. The Morgan fingerprint density at radius 3 is 2.47 bits per heavy atom. The molecule has 7 heteroatoms. The molecule has 174 valence electrons. The molecule has 0 bridgehead atoms. The van der Waals surface area contributed by atoms with Crippen molar-refractivity contribution in [3.63, 3.8) is 0 Å². The van der Waals surface area contributed by atoms with Crippen LogP contribution in [0.3, 0.4) is 0 Å². The Hall–Kier alpha value is -3.84. The molecule has 0 spiro atoms. The van der Waals surface area contributed by atoms with Gasteiger partial charge in [0, 0.05) is 38.9 Å². The molecule has 0 saturated carbocycles. The fraction of sp³-hybridized carbons (Fsp3) is 0.259. The Kier molecular flexibility index (Phi) is 5.94. The molecule has 4 aromatic rings. The van der Waals surface area contributed by atoms with Gasteiger partial charge in [-0.15, -0.1) is 0 Å². The molecular weight excluding hydrogens is 430 g/mol. The van der Waals surface area contributed by atoms with Gasteiger partial charge in [0.2, 0.25) is 5.43 Å². The van der Waals surface area contributed by atoms with E-state index in [1.165, 1.54) is 0 Å². The minimum Gasteiger partial charge on any atom is -0.507 e. The number of hydrogen-bond acceptors (Lipinski definition) is 7. The highest BCUT2D eigenvalue weighted by Gasteiger charge is 2.22. The standard InChI is InChI=1S/C27H27N3O4/c1-18-25(19-6-8-20(33-2)9-7-19)26(32)21-10-11-23(31)22(27(21)34-18)17-29-13-15-30(16-14-29)24-5-3-4-12-28-24/h3-12,31H,13-17H2,1-2H3. The van der Waals surface area contributed by atoms with E-state index in [1.54, 1.807) is 32.4 Å². The summed E-state index contributed by atoms with van der Waals surface area (Å²) < 4.78 is 11.4. The SMILES string of the molecule is COc1ccc(-c2c(C)oc3c(CN4CCN(c5ccccn5)CC4)c(O)ccc3c2=O)cc1. The van der Waals surface area contributed by atoms with Gasteiger partial charge in [0.15, 0.2) is 0 Å². The molecule has 3 heterocycles. The number of piperazine rings is 1. The van der Waals surface area contributed by atoms with Crippen LogP contribution < -0.4 is 15.1 Å². The summed E-state index contributed by atoms with van der Waals surface area (Å²) in [5.74, 6) is 2.36. The number of aryl methyl sites for hydroxylation is 1. The lowest BCUT2D eigenvalue weighted by molar-refractivity contribution is 0.246. The summed E-state index contributed by atoms with van der Waals surface area (Å²) in [5.41, 5.74) is 2.28. The average Bonchev–Trinajstić information content (AvgIpc) is 2.87. The van der Waals surface area contributed by atoms with Crippen LogP contribution in [0.2, 0.25) is 0 Å². The van der Waals surface area contributed by atoms with Crippen molar-refractivity contribution in [2.75, 3.05) is 38.2 Å². The van der Waals surface area contributed by atoms with E-state index in [2.05, 4.69) is 14.8 Å². The van der Waals surface area contributed by atoms with Crippen LogP contribution in [0.1, 0.15) is 11.3 Å². The number of pyridine rings is 1. The number of ether oxygens (including phenoxy) is 1. The lowest BCUT2D eigenvalue weighted by Crippen LogP contribution is -2.46. The largest absolute Gasteiger partial charge is 0.507 e. The normalized spacial score (nSPS) is 14.5. The van der Waals surface area contributed by atoms with Crippen molar-refractivity contribution >= 4 is 16.8 Å². The molecule has 1 saturated heterocycles. The zero-order valence-electron chi connectivity index (χ0n) is 19.3. The molecule has 34 heavy (non-hydrogen) atoms. The Balaban J connectivity index is 1.44. The second kappa shape index (κ2) is 9.19. The first kappa shape index (κ1) is 22.0. The number of phenols is 1. The molecule has 0 unspecified atom stereocenters. The lowest BCUT2D eigenvalue weighted by Gasteiger charge is -2.35. The molecule has 1 aliphatic rings. The van der Waals surface area contributed by atoms with E-state index >= 15 is 0 Å². The number of rotatable bonds is 5. The molecule has 2 aromatic heterocycles. The van der Waals surface area contributed by atoms with Crippen molar-refractivity contribution in [1.82, 2.24) is 9.88 Å². The second-order valence-corrected chi connectivity index (χ2v) is 8.48. The van der Waals surface area contributed by atoms with Crippen LogP contribution in [0.4, 0.5) is 5.82 Å². The van der Waals surface area contributed by atoms with Gasteiger partial charge in [0.25, 0.3) is 0 Å². The number of nitrogens with zero attached hydrogens (tertiary/aromatic N) is 3. The van der Waals surface area contributed by atoms with E-state index in [4.69, 9.17) is 9.15 Å². The molecular formula is C27H27N3O4. The summed E-state index contributed by atoms with van der Waals surface area (Å²) >= 11 is 0. The molecule has 0 amide bonds. The predicted octanol–water partition coefficient (Wildman–Crippen LogP) is 4.20. The van der Waals surface area contributed by atoms with Gasteiger partial charge in [0.05, 0.1) is 23.6 Å². The molecule has 0 atom stereocenters. The second-order valence-electron chi connectivity index (χ2n) is 8.48. The molecule has 0 aliphatic carbocycles. The monoisotopic (exact) mass is 457 g/mol. The maximum Gasteiger partial charge on any atom is 0.200 e. The molecule has 1 N–H and O–H groups in total. The molecule has 2 aromatic carbocycles. The zero-order chi connectivity index (χ0) is 23.7. The first-order valence-electron chi connectivity index (χ1n) is 11.4. The highest BCUT2D eigenvalue weighted by atomic mass is 16.5. The summed E-state index contributed by atoms with van der Waals surface area (Å²) in [6, 6.07) is 16.5. The van der Waals surface area contributed by atoms with Crippen LogP contribution >= 0.6 is 0 Å². The molecule has 5 rings (SSSR count). The van der Waals surface area contributed by atoms with Crippen molar-refractivity contribution in [3.8, 4) is 22.6 Å².